The molecule has 2 heterocycles. The Kier molecular flexibility index (Phi) is 3.96. The quantitative estimate of drug-likeness (QED) is 0.911. The molecule has 0 aromatic carbocycles. The SMILES string of the molecule is CCn1ccnc(Sc2cc(C(=O)O)ccn2)c1=O. The Morgan fingerprint density at radius 3 is 2.89 bits per heavy atom. The predicted molar refractivity (Wildman–Crippen MR) is 69.5 cm³/mol. The first-order valence-electron chi connectivity index (χ1n) is 5.54. The lowest BCUT2D eigenvalue weighted by atomic mass is 10.3. The van der Waals surface area contributed by atoms with Gasteiger partial charge in [-0.05, 0) is 30.8 Å². The largest absolute Gasteiger partial charge is 0.478 e. The van der Waals surface area contributed by atoms with Crippen molar-refractivity contribution in [3.8, 4) is 0 Å². The van der Waals surface area contributed by atoms with Crippen molar-refractivity contribution >= 4 is 17.7 Å². The second-order valence-corrected chi connectivity index (χ2v) is 4.62. The third-order valence-corrected chi connectivity index (χ3v) is 3.31. The van der Waals surface area contributed by atoms with E-state index in [1.807, 2.05) is 6.92 Å². The summed E-state index contributed by atoms with van der Waals surface area (Å²) in [6.45, 7) is 2.41. The van der Waals surface area contributed by atoms with Gasteiger partial charge in [-0.1, -0.05) is 0 Å². The molecule has 0 saturated heterocycles. The summed E-state index contributed by atoms with van der Waals surface area (Å²) in [5, 5.41) is 9.60. The molecule has 6 nitrogen and oxygen atoms in total. The van der Waals surface area contributed by atoms with Crippen LogP contribution in [0.3, 0.4) is 0 Å². The van der Waals surface area contributed by atoms with Gasteiger partial charge in [0.1, 0.15) is 5.03 Å². The Labute approximate surface area is 113 Å². The van der Waals surface area contributed by atoms with Gasteiger partial charge < -0.3 is 9.67 Å². The maximum absolute atomic E-state index is 12.0. The number of aromatic nitrogens is 3. The van der Waals surface area contributed by atoms with Crippen LogP contribution in [-0.4, -0.2) is 25.6 Å². The molecule has 0 radical (unpaired) electrons. The summed E-state index contributed by atoms with van der Waals surface area (Å²) in [4.78, 5) is 30.8. The topological polar surface area (TPSA) is 85.1 Å². The highest BCUT2D eigenvalue weighted by molar-refractivity contribution is 7.99. The molecular weight excluding hydrogens is 266 g/mol. The van der Waals surface area contributed by atoms with Crippen molar-refractivity contribution in [3.05, 3.63) is 46.6 Å². The molecular formula is C12H11N3O3S. The molecule has 19 heavy (non-hydrogen) atoms. The first-order valence-corrected chi connectivity index (χ1v) is 6.36. The summed E-state index contributed by atoms with van der Waals surface area (Å²) in [6.07, 6.45) is 4.54. The smallest absolute Gasteiger partial charge is 0.335 e. The molecule has 98 valence electrons. The predicted octanol–water partition coefficient (Wildman–Crippen LogP) is 1.51. The monoisotopic (exact) mass is 277 g/mol. The fourth-order valence-electron chi connectivity index (χ4n) is 1.44. The van der Waals surface area contributed by atoms with Crippen molar-refractivity contribution < 1.29 is 9.90 Å². The van der Waals surface area contributed by atoms with Gasteiger partial charge in [0.2, 0.25) is 0 Å². The number of rotatable bonds is 4. The third-order valence-electron chi connectivity index (χ3n) is 2.41. The summed E-state index contributed by atoms with van der Waals surface area (Å²) in [5.74, 6) is -1.03. The van der Waals surface area contributed by atoms with Crippen LogP contribution in [0.2, 0.25) is 0 Å². The Hall–Kier alpha value is -2.15. The van der Waals surface area contributed by atoms with Gasteiger partial charge >= 0.3 is 5.97 Å². The molecule has 7 heteroatoms. The van der Waals surface area contributed by atoms with Gasteiger partial charge in [0, 0.05) is 25.1 Å². The maximum Gasteiger partial charge on any atom is 0.335 e. The van der Waals surface area contributed by atoms with Crippen LogP contribution in [-0.2, 0) is 6.54 Å². The van der Waals surface area contributed by atoms with Crippen LogP contribution in [0.4, 0.5) is 0 Å². The van der Waals surface area contributed by atoms with Crippen LogP contribution < -0.4 is 5.56 Å². The van der Waals surface area contributed by atoms with Crippen molar-refractivity contribution in [1.29, 1.82) is 0 Å². The minimum absolute atomic E-state index is 0.129. The Morgan fingerprint density at radius 2 is 2.21 bits per heavy atom. The van der Waals surface area contributed by atoms with E-state index in [9.17, 15) is 9.59 Å². The molecule has 0 atom stereocenters. The van der Waals surface area contributed by atoms with Crippen molar-refractivity contribution in [2.75, 3.05) is 0 Å². The molecule has 0 aliphatic heterocycles. The zero-order chi connectivity index (χ0) is 13.8. The van der Waals surface area contributed by atoms with Crippen molar-refractivity contribution in [2.24, 2.45) is 0 Å². The molecule has 1 N–H and O–H groups in total. The number of aryl methyl sites for hydroxylation is 1. The van der Waals surface area contributed by atoms with E-state index in [4.69, 9.17) is 5.11 Å². The van der Waals surface area contributed by atoms with Crippen LogP contribution in [0.25, 0.3) is 0 Å². The number of aromatic carboxylic acids is 1. The summed E-state index contributed by atoms with van der Waals surface area (Å²) >= 11 is 1.06. The number of carboxylic acid groups (broad SMARTS) is 1. The lowest BCUT2D eigenvalue weighted by Crippen LogP contribution is -2.20. The van der Waals surface area contributed by atoms with E-state index in [0.717, 1.165) is 11.8 Å². The summed E-state index contributed by atoms with van der Waals surface area (Å²) < 4.78 is 1.52. The summed E-state index contributed by atoms with van der Waals surface area (Å²) in [7, 11) is 0. The Morgan fingerprint density at radius 1 is 1.42 bits per heavy atom. The molecule has 0 amide bonds. The van der Waals surface area contributed by atoms with Crippen molar-refractivity contribution in [3.63, 3.8) is 0 Å². The van der Waals surface area contributed by atoms with Crippen LogP contribution in [0, 0.1) is 0 Å². The maximum atomic E-state index is 12.0. The van der Waals surface area contributed by atoms with Crippen molar-refractivity contribution in [2.45, 2.75) is 23.5 Å². The average molecular weight is 277 g/mol. The zero-order valence-corrected chi connectivity index (χ0v) is 10.9. The third kappa shape index (κ3) is 3.00. The lowest BCUT2D eigenvalue weighted by molar-refractivity contribution is 0.0696. The molecule has 0 fully saturated rings. The van der Waals surface area contributed by atoms with Crippen LogP contribution in [0.15, 0.2) is 45.6 Å². The highest BCUT2D eigenvalue weighted by Gasteiger charge is 2.09. The minimum Gasteiger partial charge on any atom is -0.478 e. The molecule has 0 aliphatic rings. The molecule has 0 unspecified atom stereocenters. The number of carbonyl (C=O) groups is 1. The Bertz CT molecular complexity index is 669. The number of nitrogens with zero attached hydrogens (tertiary/aromatic N) is 3. The average Bonchev–Trinajstić information content (AvgIpc) is 2.41. The van der Waals surface area contributed by atoms with Gasteiger partial charge in [-0.2, -0.15) is 0 Å². The van der Waals surface area contributed by atoms with Gasteiger partial charge in [0.05, 0.1) is 5.56 Å². The highest BCUT2D eigenvalue weighted by atomic mass is 32.2. The fourth-order valence-corrected chi connectivity index (χ4v) is 2.26. The van der Waals surface area contributed by atoms with Gasteiger partial charge in [-0.15, -0.1) is 0 Å². The molecule has 0 spiro atoms. The van der Waals surface area contributed by atoms with E-state index in [2.05, 4.69) is 9.97 Å². The molecule has 2 rings (SSSR count). The Balaban J connectivity index is 2.34. The molecule has 0 saturated carbocycles. The number of hydrogen-bond acceptors (Lipinski definition) is 5. The van der Waals surface area contributed by atoms with Gasteiger partial charge in [-0.25, -0.2) is 14.8 Å². The van der Waals surface area contributed by atoms with Gasteiger partial charge in [-0.3, -0.25) is 4.79 Å². The van der Waals surface area contributed by atoms with Crippen molar-refractivity contribution in [1.82, 2.24) is 14.5 Å². The molecule has 0 aliphatic carbocycles. The summed E-state index contributed by atoms with van der Waals surface area (Å²) in [5.41, 5.74) is -0.0817. The first-order chi connectivity index (χ1) is 9.11. The standard InChI is InChI=1S/C12H11N3O3S/c1-2-15-6-5-14-10(11(15)16)19-9-7-8(12(17)18)3-4-13-9/h3-7H,2H2,1H3,(H,17,18). The first kappa shape index (κ1) is 13.3. The fraction of sp³-hybridized carbons (Fsp3) is 0.167. The number of hydrogen-bond donors (Lipinski definition) is 1. The lowest BCUT2D eigenvalue weighted by Gasteiger charge is -2.04. The number of pyridine rings is 1. The molecule has 2 aromatic rings. The van der Waals surface area contributed by atoms with Gasteiger partial charge in [0.25, 0.3) is 5.56 Å². The van der Waals surface area contributed by atoms with Crippen LogP contribution in [0.1, 0.15) is 17.3 Å². The highest BCUT2D eigenvalue weighted by Crippen LogP contribution is 2.21. The number of carboxylic acids is 1. The van der Waals surface area contributed by atoms with E-state index in [0.29, 0.717) is 11.6 Å². The van der Waals surface area contributed by atoms with E-state index in [1.165, 1.54) is 29.1 Å². The van der Waals surface area contributed by atoms with E-state index >= 15 is 0 Å². The van der Waals surface area contributed by atoms with E-state index < -0.39 is 5.97 Å². The van der Waals surface area contributed by atoms with E-state index in [1.54, 1.807) is 6.20 Å². The van der Waals surface area contributed by atoms with Crippen LogP contribution >= 0.6 is 11.8 Å². The normalized spacial score (nSPS) is 10.4. The van der Waals surface area contributed by atoms with Crippen LogP contribution in [0.5, 0.6) is 0 Å². The molecule has 2 aromatic heterocycles. The molecule has 0 bridgehead atoms. The summed E-state index contributed by atoms with van der Waals surface area (Å²) in [6, 6.07) is 2.81. The second-order valence-electron chi connectivity index (χ2n) is 3.61. The zero-order valence-electron chi connectivity index (χ0n) is 10.1. The second kappa shape index (κ2) is 5.66. The van der Waals surface area contributed by atoms with Gasteiger partial charge in [0.15, 0.2) is 5.03 Å². The minimum atomic E-state index is -1.03. The van der Waals surface area contributed by atoms with E-state index in [-0.39, 0.29) is 16.1 Å².